The zero-order valence-corrected chi connectivity index (χ0v) is 9.71. The second kappa shape index (κ2) is 5.47. The number of hydrogen-bond donors (Lipinski definition) is 2. The summed E-state index contributed by atoms with van der Waals surface area (Å²) in [5, 5.41) is 3.03. The molecule has 1 amide bonds. The quantitative estimate of drug-likeness (QED) is 0.727. The number of nitrogens with one attached hydrogen (secondary N) is 1. The molecule has 1 rings (SSSR count). The fourth-order valence-electron chi connectivity index (χ4n) is 1.79. The molecule has 1 heterocycles. The molecule has 0 radical (unpaired) electrons. The van der Waals surface area contributed by atoms with Crippen LogP contribution >= 0.6 is 0 Å². The summed E-state index contributed by atoms with van der Waals surface area (Å²) in [7, 11) is 0. The van der Waals surface area contributed by atoms with Gasteiger partial charge in [0.15, 0.2) is 0 Å². The lowest BCUT2D eigenvalue weighted by molar-refractivity contribution is -0.124. The van der Waals surface area contributed by atoms with E-state index >= 15 is 0 Å². The Hall–Kier alpha value is -0.610. The van der Waals surface area contributed by atoms with Gasteiger partial charge in [0.1, 0.15) is 0 Å². The lowest BCUT2D eigenvalue weighted by atomic mass is 9.94. The Kier molecular flexibility index (Phi) is 4.54. The van der Waals surface area contributed by atoms with Crippen molar-refractivity contribution < 1.29 is 9.53 Å². The summed E-state index contributed by atoms with van der Waals surface area (Å²) >= 11 is 0. The molecule has 0 aliphatic carbocycles. The molecule has 88 valence electrons. The van der Waals surface area contributed by atoms with Gasteiger partial charge in [0.05, 0.1) is 12.1 Å². The van der Waals surface area contributed by atoms with Gasteiger partial charge >= 0.3 is 0 Å². The first-order valence-corrected chi connectivity index (χ1v) is 5.66. The molecule has 1 fully saturated rings. The van der Waals surface area contributed by atoms with Gasteiger partial charge < -0.3 is 15.8 Å². The molecular formula is C11H22N2O2. The molecule has 1 aliphatic rings. The van der Waals surface area contributed by atoms with Crippen LogP contribution in [-0.2, 0) is 9.53 Å². The number of ether oxygens (including phenoxy) is 1. The average Bonchev–Trinajstić information content (AvgIpc) is 2.15. The van der Waals surface area contributed by atoms with Crippen molar-refractivity contribution in [2.45, 2.75) is 51.1 Å². The maximum atomic E-state index is 11.6. The number of hydrogen-bond acceptors (Lipinski definition) is 3. The molecule has 0 bridgehead atoms. The third-order valence-electron chi connectivity index (χ3n) is 2.71. The first kappa shape index (κ1) is 12.5. The Morgan fingerprint density at radius 2 is 2.40 bits per heavy atom. The van der Waals surface area contributed by atoms with Gasteiger partial charge in [0.25, 0.3) is 0 Å². The van der Waals surface area contributed by atoms with Crippen molar-refractivity contribution in [1.29, 1.82) is 0 Å². The lowest BCUT2D eigenvalue weighted by Crippen LogP contribution is -2.51. The highest BCUT2D eigenvalue weighted by molar-refractivity contribution is 5.76. The van der Waals surface area contributed by atoms with Crippen molar-refractivity contribution in [3.8, 4) is 0 Å². The van der Waals surface area contributed by atoms with Gasteiger partial charge in [-0.2, -0.15) is 0 Å². The fourth-order valence-corrected chi connectivity index (χ4v) is 1.79. The Morgan fingerprint density at radius 1 is 1.67 bits per heavy atom. The van der Waals surface area contributed by atoms with E-state index in [0.717, 1.165) is 25.9 Å². The van der Waals surface area contributed by atoms with Crippen molar-refractivity contribution >= 4 is 5.91 Å². The van der Waals surface area contributed by atoms with Crippen molar-refractivity contribution in [2.24, 2.45) is 5.73 Å². The van der Waals surface area contributed by atoms with Gasteiger partial charge in [-0.25, -0.2) is 0 Å². The number of rotatable bonds is 4. The number of carbonyl (C=O) groups excluding carboxylic acids is 1. The number of nitrogens with two attached hydrogens (primary N) is 1. The summed E-state index contributed by atoms with van der Waals surface area (Å²) < 4.78 is 5.37. The Morgan fingerprint density at radius 3 is 2.93 bits per heavy atom. The molecule has 0 spiro atoms. The first-order valence-electron chi connectivity index (χ1n) is 5.66. The van der Waals surface area contributed by atoms with Crippen LogP contribution in [0.4, 0.5) is 0 Å². The second-order valence-electron chi connectivity index (χ2n) is 4.78. The monoisotopic (exact) mass is 214 g/mol. The summed E-state index contributed by atoms with van der Waals surface area (Å²) in [6, 6.07) is 0.0890. The molecule has 3 N–H and O–H groups in total. The van der Waals surface area contributed by atoms with Gasteiger partial charge in [-0.05, 0) is 33.1 Å². The molecule has 4 nitrogen and oxygen atoms in total. The minimum absolute atomic E-state index is 0.0836. The van der Waals surface area contributed by atoms with Crippen LogP contribution in [0.15, 0.2) is 0 Å². The summed E-state index contributed by atoms with van der Waals surface area (Å²) in [6.07, 6.45) is 3.26. The fraction of sp³-hybridized carbons (Fsp3) is 0.909. The SMILES string of the molecule is CC(N)CCC(=O)NC1(C)CCCOC1. The Bertz CT molecular complexity index is 211. The lowest BCUT2D eigenvalue weighted by Gasteiger charge is -2.34. The minimum Gasteiger partial charge on any atom is -0.379 e. The van der Waals surface area contributed by atoms with E-state index in [1.165, 1.54) is 0 Å². The van der Waals surface area contributed by atoms with Crippen LogP contribution in [0.3, 0.4) is 0 Å². The normalized spacial score (nSPS) is 28.5. The van der Waals surface area contributed by atoms with Crippen molar-refractivity contribution in [2.75, 3.05) is 13.2 Å². The summed E-state index contributed by atoms with van der Waals surface area (Å²) in [6.45, 7) is 5.39. The van der Waals surface area contributed by atoms with Crippen LogP contribution in [0.1, 0.15) is 39.5 Å². The zero-order chi connectivity index (χ0) is 11.3. The molecule has 4 heteroatoms. The van der Waals surface area contributed by atoms with Gasteiger partial charge in [0, 0.05) is 19.1 Å². The molecule has 15 heavy (non-hydrogen) atoms. The molecule has 1 aliphatic heterocycles. The Labute approximate surface area is 91.5 Å². The maximum Gasteiger partial charge on any atom is 0.220 e. The maximum absolute atomic E-state index is 11.6. The molecule has 1 saturated heterocycles. The summed E-state index contributed by atoms with van der Waals surface area (Å²) in [4.78, 5) is 11.6. The highest BCUT2D eigenvalue weighted by atomic mass is 16.5. The molecule has 0 aromatic rings. The molecule has 0 aromatic heterocycles. The van der Waals surface area contributed by atoms with Gasteiger partial charge in [-0.3, -0.25) is 4.79 Å². The minimum atomic E-state index is -0.173. The van der Waals surface area contributed by atoms with Crippen LogP contribution in [0.25, 0.3) is 0 Å². The van der Waals surface area contributed by atoms with Gasteiger partial charge in [-0.15, -0.1) is 0 Å². The highest BCUT2D eigenvalue weighted by Gasteiger charge is 2.28. The van der Waals surface area contributed by atoms with E-state index in [2.05, 4.69) is 5.32 Å². The predicted molar refractivity (Wildman–Crippen MR) is 59.5 cm³/mol. The van der Waals surface area contributed by atoms with Crippen LogP contribution < -0.4 is 11.1 Å². The van der Waals surface area contributed by atoms with E-state index in [1.54, 1.807) is 0 Å². The van der Waals surface area contributed by atoms with E-state index in [-0.39, 0.29) is 17.5 Å². The van der Waals surface area contributed by atoms with E-state index in [4.69, 9.17) is 10.5 Å². The van der Waals surface area contributed by atoms with Crippen molar-refractivity contribution in [3.63, 3.8) is 0 Å². The third kappa shape index (κ3) is 4.62. The van der Waals surface area contributed by atoms with Crippen LogP contribution in [0, 0.1) is 0 Å². The highest BCUT2D eigenvalue weighted by Crippen LogP contribution is 2.18. The molecule has 2 atom stereocenters. The molecule has 0 saturated carbocycles. The third-order valence-corrected chi connectivity index (χ3v) is 2.71. The smallest absolute Gasteiger partial charge is 0.220 e. The second-order valence-corrected chi connectivity index (χ2v) is 4.78. The van der Waals surface area contributed by atoms with Gasteiger partial charge in [-0.1, -0.05) is 0 Å². The largest absolute Gasteiger partial charge is 0.379 e. The topological polar surface area (TPSA) is 64.4 Å². The van der Waals surface area contributed by atoms with Crippen molar-refractivity contribution in [1.82, 2.24) is 5.32 Å². The molecular weight excluding hydrogens is 192 g/mol. The molecule has 0 aromatic carbocycles. The van der Waals surface area contributed by atoms with Crippen LogP contribution in [0.2, 0.25) is 0 Å². The molecule has 2 unspecified atom stereocenters. The van der Waals surface area contributed by atoms with Gasteiger partial charge in [0.2, 0.25) is 5.91 Å². The predicted octanol–water partition coefficient (Wildman–Crippen LogP) is 0.799. The van der Waals surface area contributed by atoms with E-state index in [9.17, 15) is 4.79 Å². The first-order chi connectivity index (χ1) is 7.02. The summed E-state index contributed by atoms with van der Waals surface area (Å²) in [5.74, 6) is 0.0836. The zero-order valence-electron chi connectivity index (χ0n) is 9.71. The van der Waals surface area contributed by atoms with Crippen molar-refractivity contribution in [3.05, 3.63) is 0 Å². The summed E-state index contributed by atoms with van der Waals surface area (Å²) in [5.41, 5.74) is 5.43. The standard InChI is InChI=1S/C11H22N2O2/c1-9(12)4-5-10(14)13-11(2)6-3-7-15-8-11/h9H,3-8,12H2,1-2H3,(H,13,14). The van der Waals surface area contributed by atoms with Crippen LogP contribution in [-0.4, -0.2) is 30.7 Å². The van der Waals surface area contributed by atoms with E-state index in [0.29, 0.717) is 13.0 Å². The van der Waals surface area contributed by atoms with Crippen LogP contribution in [0.5, 0.6) is 0 Å². The van der Waals surface area contributed by atoms with E-state index < -0.39 is 0 Å². The Balaban J connectivity index is 2.29. The average molecular weight is 214 g/mol. The van der Waals surface area contributed by atoms with E-state index in [1.807, 2.05) is 13.8 Å². The number of carbonyl (C=O) groups is 1. The number of amides is 1.